The van der Waals surface area contributed by atoms with E-state index in [1.807, 2.05) is 0 Å². The fourth-order valence-electron chi connectivity index (χ4n) is 1.84. The molecule has 0 aliphatic carbocycles. The van der Waals surface area contributed by atoms with Crippen molar-refractivity contribution in [1.82, 2.24) is 4.90 Å². The van der Waals surface area contributed by atoms with Crippen molar-refractivity contribution in [3.63, 3.8) is 0 Å². The molecule has 1 aliphatic heterocycles. The van der Waals surface area contributed by atoms with Gasteiger partial charge in [-0.05, 0) is 25.3 Å². The van der Waals surface area contributed by atoms with Gasteiger partial charge in [0.2, 0.25) is 5.91 Å². The van der Waals surface area contributed by atoms with Gasteiger partial charge in [0.05, 0.1) is 5.88 Å². The number of nitrogens with zero attached hydrogens (tertiary/aromatic N) is 1. The van der Waals surface area contributed by atoms with Crippen LogP contribution in [0.3, 0.4) is 0 Å². The predicted octanol–water partition coefficient (Wildman–Crippen LogP) is 0.738. The Morgan fingerprint density at radius 2 is 2.24 bits per heavy atom. The number of rotatable bonds is 6. The summed E-state index contributed by atoms with van der Waals surface area (Å²) in [5, 5.41) is 8.97. The molecule has 0 saturated carbocycles. The number of carboxylic acid groups (broad SMARTS) is 1. The van der Waals surface area contributed by atoms with Crippen LogP contribution in [0.1, 0.15) is 26.2 Å². The summed E-state index contributed by atoms with van der Waals surface area (Å²) in [6, 6.07) is -0.641. The summed E-state index contributed by atoms with van der Waals surface area (Å²) < 4.78 is 0. The number of carbonyl (C=O) groups is 2. The molecule has 5 nitrogen and oxygen atoms in total. The second-order valence-electron chi connectivity index (χ2n) is 4.44. The molecule has 2 atom stereocenters. The molecule has 0 bridgehead atoms. The fourth-order valence-corrected chi connectivity index (χ4v) is 3.01. The lowest BCUT2D eigenvalue weighted by molar-refractivity contribution is -0.147. The van der Waals surface area contributed by atoms with Gasteiger partial charge in [0.25, 0.3) is 0 Å². The summed E-state index contributed by atoms with van der Waals surface area (Å²) in [6.45, 7) is 2.69. The first kappa shape index (κ1) is 14.3. The Hall–Kier alpha value is -0.750. The lowest BCUT2D eigenvalue weighted by Gasteiger charge is -2.21. The van der Waals surface area contributed by atoms with Crippen LogP contribution in [0.15, 0.2) is 0 Å². The number of nitrogens with two attached hydrogens (primary N) is 1. The van der Waals surface area contributed by atoms with Gasteiger partial charge in [-0.1, -0.05) is 6.92 Å². The van der Waals surface area contributed by atoms with Gasteiger partial charge < -0.3 is 15.7 Å². The highest BCUT2D eigenvalue weighted by molar-refractivity contribution is 7.99. The minimum Gasteiger partial charge on any atom is -0.480 e. The Morgan fingerprint density at radius 3 is 2.82 bits per heavy atom. The summed E-state index contributed by atoms with van der Waals surface area (Å²) >= 11 is 1.50. The van der Waals surface area contributed by atoms with Gasteiger partial charge in [-0.2, -0.15) is 0 Å². The lowest BCUT2D eigenvalue weighted by atomic mass is 10.0. The molecule has 3 N–H and O–H groups in total. The molecule has 1 heterocycles. The van der Waals surface area contributed by atoms with Crippen molar-refractivity contribution in [1.29, 1.82) is 0 Å². The molecule has 1 unspecified atom stereocenters. The van der Waals surface area contributed by atoms with E-state index >= 15 is 0 Å². The quantitative estimate of drug-likeness (QED) is 0.736. The maximum absolute atomic E-state index is 11.9. The molecular formula is C11H20N2O3S. The standard InChI is InChI=1S/C11H20N2O3S/c1-8(4-5-12)2-3-10(14)13-7-17-6-9(13)11(15)16/h8-9H,2-7,12H2,1H3,(H,15,16)/t8?,9-/m0/s1. The third-order valence-electron chi connectivity index (χ3n) is 3.00. The monoisotopic (exact) mass is 260 g/mol. The van der Waals surface area contributed by atoms with E-state index in [1.165, 1.54) is 16.7 Å². The number of aliphatic carboxylic acids is 1. The molecule has 0 aromatic rings. The van der Waals surface area contributed by atoms with E-state index in [9.17, 15) is 9.59 Å². The van der Waals surface area contributed by atoms with E-state index in [2.05, 4.69) is 6.92 Å². The normalized spacial score (nSPS) is 21.5. The van der Waals surface area contributed by atoms with Crippen molar-refractivity contribution in [3.05, 3.63) is 0 Å². The Balaban J connectivity index is 2.39. The second-order valence-corrected chi connectivity index (χ2v) is 5.44. The molecule has 1 rings (SSSR count). The van der Waals surface area contributed by atoms with Gasteiger partial charge in [-0.25, -0.2) is 4.79 Å². The average molecular weight is 260 g/mol. The predicted molar refractivity (Wildman–Crippen MR) is 67.7 cm³/mol. The molecule has 1 saturated heterocycles. The third-order valence-corrected chi connectivity index (χ3v) is 4.01. The molecule has 0 radical (unpaired) electrons. The summed E-state index contributed by atoms with van der Waals surface area (Å²) in [5.74, 6) is 0.465. The van der Waals surface area contributed by atoms with Gasteiger partial charge in [0.1, 0.15) is 6.04 Å². The largest absolute Gasteiger partial charge is 0.480 e. The van der Waals surface area contributed by atoms with Crippen LogP contribution in [0.5, 0.6) is 0 Å². The topological polar surface area (TPSA) is 83.6 Å². The first-order valence-electron chi connectivity index (χ1n) is 5.86. The van der Waals surface area contributed by atoms with Crippen molar-refractivity contribution in [2.24, 2.45) is 11.7 Å². The third kappa shape index (κ3) is 4.20. The first-order valence-corrected chi connectivity index (χ1v) is 7.01. The van der Waals surface area contributed by atoms with Crippen molar-refractivity contribution in [3.8, 4) is 0 Å². The van der Waals surface area contributed by atoms with Crippen LogP contribution in [-0.4, -0.2) is 46.1 Å². The van der Waals surface area contributed by atoms with E-state index in [1.54, 1.807) is 0 Å². The first-order chi connectivity index (χ1) is 8.06. The van der Waals surface area contributed by atoms with Crippen LogP contribution in [0, 0.1) is 5.92 Å². The summed E-state index contributed by atoms with van der Waals surface area (Å²) in [6.07, 6.45) is 2.11. The molecule has 6 heteroatoms. The summed E-state index contributed by atoms with van der Waals surface area (Å²) in [7, 11) is 0. The summed E-state index contributed by atoms with van der Waals surface area (Å²) in [5.41, 5.74) is 5.44. The van der Waals surface area contributed by atoms with E-state index < -0.39 is 12.0 Å². The molecule has 1 fully saturated rings. The van der Waals surface area contributed by atoms with Crippen molar-refractivity contribution in [2.45, 2.75) is 32.2 Å². The van der Waals surface area contributed by atoms with Crippen molar-refractivity contribution in [2.75, 3.05) is 18.2 Å². The molecule has 17 heavy (non-hydrogen) atoms. The van der Waals surface area contributed by atoms with E-state index in [-0.39, 0.29) is 5.91 Å². The number of hydrogen-bond donors (Lipinski definition) is 2. The Kier molecular flexibility index (Phi) is 5.77. The molecule has 0 aromatic heterocycles. The van der Waals surface area contributed by atoms with E-state index in [4.69, 9.17) is 10.8 Å². The molecule has 0 aromatic carbocycles. The van der Waals surface area contributed by atoms with Gasteiger partial charge in [-0.15, -0.1) is 11.8 Å². The van der Waals surface area contributed by atoms with Crippen LogP contribution in [0.4, 0.5) is 0 Å². The van der Waals surface area contributed by atoms with Gasteiger partial charge in [-0.3, -0.25) is 4.79 Å². The Bertz CT molecular complexity index is 286. The highest BCUT2D eigenvalue weighted by Crippen LogP contribution is 2.23. The lowest BCUT2D eigenvalue weighted by Crippen LogP contribution is -2.41. The molecule has 1 amide bonds. The van der Waals surface area contributed by atoms with Crippen molar-refractivity contribution < 1.29 is 14.7 Å². The molecule has 1 aliphatic rings. The number of carbonyl (C=O) groups excluding carboxylic acids is 1. The SMILES string of the molecule is CC(CCN)CCC(=O)N1CSC[C@H]1C(=O)O. The van der Waals surface area contributed by atoms with Crippen molar-refractivity contribution >= 4 is 23.6 Å². The van der Waals surface area contributed by atoms with Gasteiger partial charge in [0, 0.05) is 12.2 Å². The van der Waals surface area contributed by atoms with Crippen LogP contribution in [0.2, 0.25) is 0 Å². The highest BCUT2D eigenvalue weighted by Gasteiger charge is 2.34. The van der Waals surface area contributed by atoms with Crippen LogP contribution < -0.4 is 5.73 Å². The smallest absolute Gasteiger partial charge is 0.327 e. The minimum absolute atomic E-state index is 0.0497. The van der Waals surface area contributed by atoms with Crippen LogP contribution in [-0.2, 0) is 9.59 Å². The number of thioether (sulfide) groups is 1. The highest BCUT2D eigenvalue weighted by atomic mass is 32.2. The second kappa shape index (κ2) is 6.86. The van der Waals surface area contributed by atoms with E-state index in [0.717, 1.165) is 12.8 Å². The zero-order valence-corrected chi connectivity index (χ0v) is 10.9. The maximum atomic E-state index is 11.9. The summed E-state index contributed by atoms with van der Waals surface area (Å²) in [4.78, 5) is 24.3. The average Bonchev–Trinajstić information content (AvgIpc) is 2.75. The Morgan fingerprint density at radius 1 is 1.53 bits per heavy atom. The number of hydrogen-bond acceptors (Lipinski definition) is 4. The minimum atomic E-state index is -0.904. The van der Waals surface area contributed by atoms with Gasteiger partial charge >= 0.3 is 5.97 Å². The number of carboxylic acids is 1. The zero-order valence-electron chi connectivity index (χ0n) is 10.1. The van der Waals surface area contributed by atoms with Gasteiger partial charge in [0.15, 0.2) is 0 Å². The number of amides is 1. The molecule has 0 spiro atoms. The molecular weight excluding hydrogens is 240 g/mol. The van der Waals surface area contributed by atoms with E-state index in [0.29, 0.717) is 30.5 Å². The molecule has 98 valence electrons. The zero-order chi connectivity index (χ0) is 12.8. The van der Waals surface area contributed by atoms with Crippen LogP contribution >= 0.6 is 11.8 Å². The fraction of sp³-hybridized carbons (Fsp3) is 0.818. The Labute approximate surface area is 106 Å². The van der Waals surface area contributed by atoms with Crippen LogP contribution in [0.25, 0.3) is 0 Å². The maximum Gasteiger partial charge on any atom is 0.327 e.